The molecule has 1 N–H and O–H groups in total. The molecule has 0 amide bonds. The average Bonchev–Trinajstić information content (AvgIpc) is 3.05. The highest BCUT2D eigenvalue weighted by molar-refractivity contribution is 7.71. The van der Waals surface area contributed by atoms with Gasteiger partial charge in [-0.05, 0) is 31.3 Å². The highest BCUT2D eigenvalue weighted by Crippen LogP contribution is 2.09. The van der Waals surface area contributed by atoms with Gasteiger partial charge in [0, 0.05) is 19.0 Å². The minimum absolute atomic E-state index is 0.0725. The van der Waals surface area contributed by atoms with Crippen LogP contribution in [0.3, 0.4) is 0 Å². The van der Waals surface area contributed by atoms with Gasteiger partial charge < -0.3 is 0 Å². The fourth-order valence-corrected chi connectivity index (χ4v) is 2.78. The largest absolute Gasteiger partial charge is 0.279 e. The average molecular weight is 342 g/mol. The van der Waals surface area contributed by atoms with Gasteiger partial charge in [-0.1, -0.05) is 25.1 Å². The highest BCUT2D eigenvalue weighted by Gasteiger charge is 2.14. The van der Waals surface area contributed by atoms with Crippen LogP contribution >= 0.6 is 12.2 Å². The van der Waals surface area contributed by atoms with Crippen LogP contribution in [0, 0.1) is 11.7 Å². The van der Waals surface area contributed by atoms with E-state index in [1.54, 1.807) is 27.2 Å². The molecule has 24 heavy (non-hydrogen) atoms. The van der Waals surface area contributed by atoms with Gasteiger partial charge >= 0.3 is 0 Å². The van der Waals surface area contributed by atoms with Crippen molar-refractivity contribution in [3.63, 3.8) is 0 Å². The van der Waals surface area contributed by atoms with E-state index < -0.39 is 0 Å². The van der Waals surface area contributed by atoms with Gasteiger partial charge in [-0.3, -0.25) is 14.6 Å². The quantitative estimate of drug-likeness (QED) is 0.583. The summed E-state index contributed by atoms with van der Waals surface area (Å²) in [6.07, 6.45) is 2.34. The Morgan fingerprint density at radius 2 is 2.04 bits per heavy atom. The molecule has 2 aromatic heterocycles. The molecular weight excluding hydrogens is 324 g/mol. The van der Waals surface area contributed by atoms with Gasteiger partial charge in [0.25, 0.3) is 5.56 Å². The van der Waals surface area contributed by atoms with Crippen LogP contribution in [0.2, 0.25) is 0 Å². The number of nitrogens with zero attached hydrogens (tertiary/aromatic N) is 5. The summed E-state index contributed by atoms with van der Waals surface area (Å²) < 4.78 is 5.39. The molecule has 0 fully saturated rings. The molecule has 3 rings (SSSR count). The summed E-state index contributed by atoms with van der Waals surface area (Å²) in [5.74, 6) is 0.737. The highest BCUT2D eigenvalue weighted by atomic mass is 32.1. The molecule has 0 aliphatic carbocycles. The van der Waals surface area contributed by atoms with E-state index >= 15 is 0 Å². The second kappa shape index (κ2) is 6.40. The molecule has 2 heterocycles. The number of nitrogens with one attached hydrogen (secondary N) is 1. The number of rotatable bonds is 4. The number of hydrogen-bond donors (Lipinski definition) is 1. The van der Waals surface area contributed by atoms with Gasteiger partial charge in [-0.2, -0.15) is 14.9 Å². The Morgan fingerprint density at radius 3 is 2.71 bits per heavy atom. The smallest absolute Gasteiger partial charge is 0.274 e. The predicted molar refractivity (Wildman–Crippen MR) is 95.5 cm³/mol. The minimum atomic E-state index is -0.0725. The van der Waals surface area contributed by atoms with Crippen LogP contribution in [0.4, 0.5) is 0 Å². The fourth-order valence-electron chi connectivity index (χ4n) is 2.58. The van der Waals surface area contributed by atoms with Crippen molar-refractivity contribution in [3.8, 4) is 5.69 Å². The molecule has 0 spiro atoms. The molecule has 0 radical (unpaired) electrons. The van der Waals surface area contributed by atoms with Crippen LogP contribution < -0.4 is 5.56 Å². The lowest BCUT2D eigenvalue weighted by atomic mass is 10.3. The summed E-state index contributed by atoms with van der Waals surface area (Å²) in [5, 5.41) is 11.2. The summed E-state index contributed by atoms with van der Waals surface area (Å²) in [7, 11) is 1.83. The van der Waals surface area contributed by atoms with Crippen LogP contribution in [0.15, 0.2) is 40.2 Å². The van der Waals surface area contributed by atoms with Crippen molar-refractivity contribution in [2.45, 2.75) is 20.3 Å². The van der Waals surface area contributed by atoms with Crippen molar-refractivity contribution in [1.29, 1.82) is 0 Å². The maximum atomic E-state index is 12.6. The van der Waals surface area contributed by atoms with Gasteiger partial charge in [-0.25, -0.2) is 4.68 Å². The molecule has 0 bridgehead atoms. The summed E-state index contributed by atoms with van der Waals surface area (Å²) in [4.78, 5) is 12.6. The van der Waals surface area contributed by atoms with Gasteiger partial charge in [-0.15, -0.1) is 0 Å². The van der Waals surface area contributed by atoms with Gasteiger partial charge in [0.2, 0.25) is 4.77 Å². The number of aryl methyl sites for hydroxylation is 1. The number of benzene rings is 1. The first-order valence-corrected chi connectivity index (χ1v) is 8.00. The van der Waals surface area contributed by atoms with Crippen LogP contribution in [-0.4, -0.2) is 30.5 Å². The van der Waals surface area contributed by atoms with Crippen molar-refractivity contribution < 1.29 is 0 Å². The van der Waals surface area contributed by atoms with Crippen molar-refractivity contribution >= 4 is 18.4 Å². The van der Waals surface area contributed by atoms with E-state index in [1.807, 2.05) is 44.3 Å². The van der Waals surface area contributed by atoms with Crippen LogP contribution in [0.5, 0.6) is 0 Å². The first kappa shape index (κ1) is 16.1. The predicted octanol–water partition coefficient (Wildman–Crippen LogP) is 2.18. The third kappa shape index (κ3) is 2.65. The summed E-state index contributed by atoms with van der Waals surface area (Å²) in [6.45, 7) is 3.77. The molecule has 0 saturated carbocycles. The normalized spacial score (nSPS) is 11.5. The molecular formula is C16H18N6OS. The standard InChI is InChI=1S/C16H18N6OS/c1-4-14-18-19-16(24)21(14)17-10-13-11(2)15(23)22(20(13)3)12-8-6-5-7-9-12/h5-10H,4H2,1-3H3,(H,19,24). The van der Waals surface area contributed by atoms with E-state index in [4.69, 9.17) is 12.2 Å². The van der Waals surface area contributed by atoms with Crippen molar-refractivity contribution in [2.24, 2.45) is 12.1 Å². The van der Waals surface area contributed by atoms with E-state index in [-0.39, 0.29) is 5.56 Å². The van der Waals surface area contributed by atoms with E-state index in [9.17, 15) is 4.79 Å². The number of hydrogen-bond acceptors (Lipinski definition) is 4. The van der Waals surface area contributed by atoms with Crippen molar-refractivity contribution in [3.05, 3.63) is 62.5 Å². The van der Waals surface area contributed by atoms with E-state index in [0.717, 1.165) is 11.5 Å². The Bertz CT molecular complexity index is 1010. The Hall–Kier alpha value is -2.74. The topological polar surface area (TPSA) is 72.9 Å². The Kier molecular flexibility index (Phi) is 4.30. The zero-order valence-corrected chi connectivity index (χ0v) is 14.5. The molecule has 0 aliphatic heterocycles. The van der Waals surface area contributed by atoms with E-state index in [2.05, 4.69) is 15.3 Å². The number of H-pyrrole nitrogens is 1. The van der Waals surface area contributed by atoms with E-state index in [0.29, 0.717) is 22.4 Å². The van der Waals surface area contributed by atoms with E-state index in [1.165, 1.54) is 0 Å². The number of para-hydroxylation sites is 1. The molecule has 7 nitrogen and oxygen atoms in total. The van der Waals surface area contributed by atoms with Crippen LogP contribution in [0.1, 0.15) is 24.0 Å². The SMILES string of the molecule is CCc1n[nH]c(=S)n1N=Cc1c(C)c(=O)n(-c2ccccc2)n1C. The summed E-state index contributed by atoms with van der Waals surface area (Å²) >= 11 is 5.19. The van der Waals surface area contributed by atoms with Crippen LogP contribution in [0.25, 0.3) is 5.69 Å². The molecule has 3 aromatic rings. The summed E-state index contributed by atoms with van der Waals surface area (Å²) in [5.41, 5.74) is 2.07. The first-order chi connectivity index (χ1) is 11.5. The third-order valence-corrected chi connectivity index (χ3v) is 4.14. The fraction of sp³-hybridized carbons (Fsp3) is 0.250. The van der Waals surface area contributed by atoms with Crippen molar-refractivity contribution in [1.82, 2.24) is 24.2 Å². The Balaban J connectivity index is 2.10. The van der Waals surface area contributed by atoms with Crippen LogP contribution in [-0.2, 0) is 13.5 Å². The lowest BCUT2D eigenvalue weighted by Crippen LogP contribution is -2.20. The molecule has 8 heteroatoms. The van der Waals surface area contributed by atoms with Crippen molar-refractivity contribution in [2.75, 3.05) is 0 Å². The van der Waals surface area contributed by atoms with Gasteiger partial charge in [0.15, 0.2) is 5.82 Å². The summed E-state index contributed by atoms with van der Waals surface area (Å²) in [6, 6.07) is 9.50. The Morgan fingerprint density at radius 1 is 1.33 bits per heavy atom. The lowest BCUT2D eigenvalue weighted by Gasteiger charge is -2.08. The minimum Gasteiger partial charge on any atom is -0.279 e. The molecule has 0 unspecified atom stereocenters. The second-order valence-corrected chi connectivity index (χ2v) is 5.73. The monoisotopic (exact) mass is 342 g/mol. The maximum absolute atomic E-state index is 12.6. The molecule has 1 aromatic carbocycles. The lowest BCUT2D eigenvalue weighted by molar-refractivity contribution is 0.642. The van der Waals surface area contributed by atoms with Gasteiger partial charge in [0.1, 0.15) is 0 Å². The maximum Gasteiger partial charge on any atom is 0.274 e. The second-order valence-electron chi connectivity index (χ2n) is 5.34. The zero-order chi connectivity index (χ0) is 17.3. The third-order valence-electron chi connectivity index (χ3n) is 3.88. The zero-order valence-electron chi connectivity index (χ0n) is 13.7. The number of aromatic amines is 1. The molecule has 0 aliphatic rings. The molecule has 0 atom stereocenters. The molecule has 0 saturated heterocycles. The van der Waals surface area contributed by atoms with Gasteiger partial charge in [0.05, 0.1) is 17.6 Å². The Labute approximate surface area is 143 Å². The number of aromatic nitrogens is 5. The first-order valence-electron chi connectivity index (χ1n) is 7.59. The molecule has 124 valence electrons.